The van der Waals surface area contributed by atoms with Crippen LogP contribution in [0.4, 0.5) is 0 Å². The molecule has 1 N–H and O–H groups in total. The lowest BCUT2D eigenvalue weighted by Crippen LogP contribution is -2.38. The Morgan fingerprint density at radius 1 is 1.15 bits per heavy atom. The molecule has 2 aromatic rings. The average molecular weight is 272 g/mol. The molecule has 0 spiro atoms. The molecule has 0 saturated heterocycles. The van der Waals surface area contributed by atoms with Gasteiger partial charge < -0.3 is 10.1 Å². The summed E-state index contributed by atoms with van der Waals surface area (Å²) < 4.78 is 6.11. The Balaban J connectivity index is 2.11. The maximum absolute atomic E-state index is 6.11. The van der Waals surface area contributed by atoms with Crippen molar-refractivity contribution in [1.82, 2.24) is 10.3 Å². The summed E-state index contributed by atoms with van der Waals surface area (Å²) in [6, 6.07) is 10.6. The van der Waals surface area contributed by atoms with Gasteiger partial charge in [0.25, 0.3) is 0 Å². The Morgan fingerprint density at radius 3 is 2.60 bits per heavy atom. The number of para-hydroxylation sites is 1. The van der Waals surface area contributed by atoms with Gasteiger partial charge in [-0.05, 0) is 18.1 Å². The Bertz CT molecular complexity index is 551. The molecule has 1 atom stereocenters. The Labute approximate surface area is 121 Å². The standard InChI is InChI=1S/C17H24N2O/c1-12(2)17(11-18-13(3)4)20-15-9-14-7-5-6-8-16(14)19-10-15/h5-10,12-13,17-18H,11H2,1-4H3. The molecule has 0 fully saturated rings. The van der Waals surface area contributed by atoms with Crippen molar-refractivity contribution in [2.75, 3.05) is 6.54 Å². The topological polar surface area (TPSA) is 34.1 Å². The van der Waals surface area contributed by atoms with E-state index in [-0.39, 0.29) is 6.10 Å². The van der Waals surface area contributed by atoms with E-state index < -0.39 is 0 Å². The molecule has 1 aromatic heterocycles. The fourth-order valence-corrected chi connectivity index (χ4v) is 2.06. The van der Waals surface area contributed by atoms with E-state index in [4.69, 9.17) is 4.74 Å². The van der Waals surface area contributed by atoms with Crippen LogP contribution < -0.4 is 10.1 Å². The van der Waals surface area contributed by atoms with Crippen LogP contribution in [-0.2, 0) is 0 Å². The highest BCUT2D eigenvalue weighted by atomic mass is 16.5. The number of hydrogen-bond acceptors (Lipinski definition) is 3. The van der Waals surface area contributed by atoms with Gasteiger partial charge in [-0.25, -0.2) is 0 Å². The van der Waals surface area contributed by atoms with Crippen LogP contribution in [0.2, 0.25) is 0 Å². The normalized spacial score (nSPS) is 13.1. The minimum absolute atomic E-state index is 0.153. The van der Waals surface area contributed by atoms with Crippen molar-refractivity contribution in [2.45, 2.75) is 39.8 Å². The van der Waals surface area contributed by atoms with Crippen LogP contribution in [0.1, 0.15) is 27.7 Å². The van der Waals surface area contributed by atoms with Gasteiger partial charge in [-0.3, -0.25) is 4.98 Å². The summed E-state index contributed by atoms with van der Waals surface area (Å²) in [7, 11) is 0. The van der Waals surface area contributed by atoms with Crippen LogP contribution in [-0.4, -0.2) is 23.7 Å². The van der Waals surface area contributed by atoms with Crippen molar-refractivity contribution in [3.05, 3.63) is 36.5 Å². The monoisotopic (exact) mass is 272 g/mol. The molecule has 3 nitrogen and oxygen atoms in total. The lowest BCUT2D eigenvalue weighted by atomic mass is 10.1. The quantitative estimate of drug-likeness (QED) is 0.872. The van der Waals surface area contributed by atoms with E-state index in [1.54, 1.807) is 0 Å². The maximum atomic E-state index is 6.11. The highest BCUT2D eigenvalue weighted by molar-refractivity contribution is 5.79. The zero-order chi connectivity index (χ0) is 14.5. The number of hydrogen-bond donors (Lipinski definition) is 1. The molecule has 0 radical (unpaired) electrons. The number of benzene rings is 1. The number of aromatic nitrogens is 1. The van der Waals surface area contributed by atoms with Gasteiger partial charge in [0, 0.05) is 18.0 Å². The lowest BCUT2D eigenvalue weighted by Gasteiger charge is -2.24. The largest absolute Gasteiger partial charge is 0.487 e. The first-order valence-electron chi connectivity index (χ1n) is 7.31. The third kappa shape index (κ3) is 3.94. The van der Waals surface area contributed by atoms with Crippen LogP contribution in [0.3, 0.4) is 0 Å². The summed E-state index contributed by atoms with van der Waals surface area (Å²) in [6.45, 7) is 9.51. The fraction of sp³-hybridized carbons (Fsp3) is 0.471. The van der Waals surface area contributed by atoms with Crippen molar-refractivity contribution in [1.29, 1.82) is 0 Å². The summed E-state index contributed by atoms with van der Waals surface area (Å²) in [5, 5.41) is 4.55. The van der Waals surface area contributed by atoms with Crippen molar-refractivity contribution >= 4 is 10.9 Å². The van der Waals surface area contributed by atoms with Crippen molar-refractivity contribution < 1.29 is 4.74 Å². The molecule has 0 amide bonds. The number of rotatable bonds is 6. The molecule has 1 unspecified atom stereocenters. The fourth-order valence-electron chi connectivity index (χ4n) is 2.06. The number of nitrogens with zero attached hydrogens (tertiary/aromatic N) is 1. The lowest BCUT2D eigenvalue weighted by molar-refractivity contribution is 0.146. The molecule has 108 valence electrons. The van der Waals surface area contributed by atoms with Crippen molar-refractivity contribution in [2.24, 2.45) is 5.92 Å². The first-order chi connectivity index (χ1) is 9.56. The van der Waals surface area contributed by atoms with Crippen LogP contribution in [0.25, 0.3) is 10.9 Å². The molecule has 3 heteroatoms. The van der Waals surface area contributed by atoms with Gasteiger partial charge >= 0.3 is 0 Å². The van der Waals surface area contributed by atoms with Crippen molar-refractivity contribution in [3.8, 4) is 5.75 Å². The van der Waals surface area contributed by atoms with Gasteiger partial charge in [0.05, 0.1) is 11.7 Å². The molecule has 1 heterocycles. The van der Waals surface area contributed by atoms with E-state index in [1.807, 2.05) is 24.4 Å². The van der Waals surface area contributed by atoms with Gasteiger partial charge in [0.15, 0.2) is 0 Å². The number of fused-ring (bicyclic) bond motifs is 1. The van der Waals surface area contributed by atoms with Crippen molar-refractivity contribution in [3.63, 3.8) is 0 Å². The second-order valence-corrected chi connectivity index (χ2v) is 5.83. The predicted molar refractivity (Wildman–Crippen MR) is 84.1 cm³/mol. The molecular weight excluding hydrogens is 248 g/mol. The number of nitrogens with one attached hydrogen (secondary N) is 1. The minimum Gasteiger partial charge on any atom is -0.487 e. The van der Waals surface area contributed by atoms with Gasteiger partial charge in [0.2, 0.25) is 0 Å². The maximum Gasteiger partial charge on any atom is 0.138 e. The molecule has 0 bridgehead atoms. The second kappa shape index (κ2) is 6.71. The summed E-state index contributed by atoms with van der Waals surface area (Å²) in [6.07, 6.45) is 1.97. The van der Waals surface area contributed by atoms with E-state index in [2.05, 4.69) is 50.1 Å². The Morgan fingerprint density at radius 2 is 1.90 bits per heavy atom. The van der Waals surface area contributed by atoms with Gasteiger partial charge in [-0.1, -0.05) is 45.9 Å². The minimum atomic E-state index is 0.153. The average Bonchev–Trinajstić information content (AvgIpc) is 2.42. The molecule has 0 aliphatic rings. The molecule has 1 aromatic carbocycles. The third-order valence-electron chi connectivity index (χ3n) is 3.32. The zero-order valence-corrected chi connectivity index (χ0v) is 12.8. The van der Waals surface area contributed by atoms with Crippen LogP contribution in [0.5, 0.6) is 5.75 Å². The van der Waals surface area contributed by atoms with Crippen LogP contribution in [0.15, 0.2) is 36.5 Å². The second-order valence-electron chi connectivity index (χ2n) is 5.83. The predicted octanol–water partition coefficient (Wildman–Crippen LogP) is 3.64. The van der Waals surface area contributed by atoms with E-state index in [1.165, 1.54) is 0 Å². The highest BCUT2D eigenvalue weighted by Crippen LogP contribution is 2.20. The summed E-state index contributed by atoms with van der Waals surface area (Å²) in [4.78, 5) is 4.44. The molecular formula is C17H24N2O. The molecule has 20 heavy (non-hydrogen) atoms. The van der Waals surface area contributed by atoms with Gasteiger partial charge in [0.1, 0.15) is 11.9 Å². The van der Waals surface area contributed by atoms with E-state index >= 15 is 0 Å². The number of ether oxygens (including phenoxy) is 1. The van der Waals surface area contributed by atoms with E-state index in [9.17, 15) is 0 Å². The molecule has 0 aliphatic heterocycles. The molecule has 2 rings (SSSR count). The third-order valence-corrected chi connectivity index (χ3v) is 3.32. The summed E-state index contributed by atoms with van der Waals surface area (Å²) in [5.41, 5.74) is 1.00. The summed E-state index contributed by atoms with van der Waals surface area (Å²) in [5.74, 6) is 1.29. The smallest absolute Gasteiger partial charge is 0.138 e. The SMILES string of the molecule is CC(C)NCC(Oc1cnc2ccccc2c1)C(C)C. The van der Waals surface area contributed by atoms with E-state index in [0.717, 1.165) is 23.2 Å². The highest BCUT2D eigenvalue weighted by Gasteiger charge is 2.15. The first kappa shape index (κ1) is 14.8. The molecule has 0 aliphatic carbocycles. The number of pyridine rings is 1. The van der Waals surface area contributed by atoms with Crippen LogP contribution in [0, 0.1) is 5.92 Å². The zero-order valence-electron chi connectivity index (χ0n) is 12.8. The molecule has 0 saturated carbocycles. The Kier molecular flexibility index (Phi) is 4.96. The summed E-state index contributed by atoms with van der Waals surface area (Å²) >= 11 is 0. The van der Waals surface area contributed by atoms with Gasteiger partial charge in [-0.15, -0.1) is 0 Å². The van der Waals surface area contributed by atoms with E-state index in [0.29, 0.717) is 12.0 Å². The Hall–Kier alpha value is -1.61. The van der Waals surface area contributed by atoms with Crippen LogP contribution >= 0.6 is 0 Å². The van der Waals surface area contributed by atoms with Gasteiger partial charge in [-0.2, -0.15) is 0 Å². The first-order valence-corrected chi connectivity index (χ1v) is 7.31.